The maximum atomic E-state index is 5.13. The summed E-state index contributed by atoms with van der Waals surface area (Å²) in [6.07, 6.45) is 2.73. The van der Waals surface area contributed by atoms with Crippen LogP contribution < -0.4 is 4.90 Å². The first-order valence-electron chi connectivity index (χ1n) is 16.6. The van der Waals surface area contributed by atoms with Crippen molar-refractivity contribution in [3.63, 3.8) is 0 Å². The highest BCUT2D eigenvalue weighted by Gasteiger charge is 2.29. The van der Waals surface area contributed by atoms with Crippen molar-refractivity contribution in [1.82, 2.24) is 14.5 Å². The van der Waals surface area contributed by atoms with Crippen LogP contribution in [-0.4, -0.2) is 14.5 Å². The van der Waals surface area contributed by atoms with Gasteiger partial charge >= 0.3 is 0 Å². The van der Waals surface area contributed by atoms with Crippen molar-refractivity contribution in [2.24, 2.45) is 0 Å². The summed E-state index contributed by atoms with van der Waals surface area (Å²) in [5.41, 5.74) is 12.6. The molecule has 4 heteroatoms. The lowest BCUT2D eigenvalue weighted by atomic mass is 9.85. The van der Waals surface area contributed by atoms with Crippen LogP contribution in [0.15, 0.2) is 152 Å². The second kappa shape index (κ2) is 10.4. The second-order valence-electron chi connectivity index (χ2n) is 12.5. The molecule has 1 aliphatic rings. The topological polar surface area (TPSA) is 34.0 Å². The summed E-state index contributed by atoms with van der Waals surface area (Å²) >= 11 is 0. The molecule has 7 aromatic carbocycles. The number of benzene rings is 7. The highest BCUT2D eigenvalue weighted by atomic mass is 15.2. The number of fused-ring (bicyclic) bond motifs is 5. The van der Waals surface area contributed by atoms with Crippen molar-refractivity contribution in [1.29, 1.82) is 0 Å². The van der Waals surface area contributed by atoms with E-state index in [0.717, 1.165) is 62.5 Å². The maximum absolute atomic E-state index is 5.13. The lowest BCUT2D eigenvalue weighted by molar-refractivity contribution is 0.901. The van der Waals surface area contributed by atoms with E-state index in [0.29, 0.717) is 0 Å². The van der Waals surface area contributed by atoms with E-state index in [1.54, 1.807) is 0 Å². The zero-order chi connectivity index (χ0) is 31.8. The van der Waals surface area contributed by atoms with Gasteiger partial charge in [-0.15, -0.1) is 0 Å². The number of hydrogen-bond acceptors (Lipinski definition) is 3. The monoisotopic (exact) mass is 614 g/mol. The van der Waals surface area contributed by atoms with Gasteiger partial charge in [-0.1, -0.05) is 110 Å². The van der Waals surface area contributed by atoms with E-state index in [9.17, 15) is 0 Å². The average Bonchev–Trinajstić information content (AvgIpc) is 3.54. The Morgan fingerprint density at radius 1 is 0.562 bits per heavy atom. The minimum Gasteiger partial charge on any atom is -0.306 e. The summed E-state index contributed by atoms with van der Waals surface area (Å²) in [6, 6.07) is 52.5. The van der Waals surface area contributed by atoms with E-state index < -0.39 is 0 Å². The van der Waals surface area contributed by atoms with E-state index in [-0.39, 0.29) is 0 Å². The van der Waals surface area contributed by atoms with Crippen LogP contribution in [0.4, 0.5) is 17.1 Å². The van der Waals surface area contributed by atoms with Gasteiger partial charge in [0.1, 0.15) is 5.82 Å². The third-order valence-electron chi connectivity index (χ3n) is 9.88. The van der Waals surface area contributed by atoms with Gasteiger partial charge < -0.3 is 4.90 Å². The number of imidazole rings is 1. The number of rotatable bonds is 4. The number of aryl methyl sites for hydroxylation is 1. The molecular weight excluding hydrogens is 585 g/mol. The van der Waals surface area contributed by atoms with Gasteiger partial charge in [0.05, 0.1) is 33.6 Å². The Labute approximate surface area is 278 Å². The molecule has 2 aromatic heterocycles. The minimum absolute atomic E-state index is 0.836. The Hall–Kier alpha value is -6.26. The fourth-order valence-electron chi connectivity index (χ4n) is 7.90. The summed E-state index contributed by atoms with van der Waals surface area (Å²) < 4.78 is 2.39. The molecule has 0 radical (unpaired) electrons. The molecule has 10 rings (SSSR count). The molecule has 0 N–H and O–H groups in total. The van der Waals surface area contributed by atoms with Crippen molar-refractivity contribution in [3.8, 4) is 27.9 Å². The zero-order valence-corrected chi connectivity index (χ0v) is 26.4. The minimum atomic E-state index is 0.836. The molecule has 0 spiro atoms. The molecule has 3 heterocycles. The first kappa shape index (κ1) is 26.9. The van der Waals surface area contributed by atoms with Gasteiger partial charge in [0.15, 0.2) is 0 Å². The number of anilines is 3. The Kier molecular flexibility index (Phi) is 5.82. The number of nitrogens with zero attached hydrogens (tertiary/aromatic N) is 4. The van der Waals surface area contributed by atoms with Gasteiger partial charge in [-0.25, -0.2) is 4.98 Å². The van der Waals surface area contributed by atoms with Gasteiger partial charge in [0.2, 0.25) is 0 Å². The molecule has 0 atom stereocenters. The largest absolute Gasteiger partial charge is 0.306 e. The van der Waals surface area contributed by atoms with Crippen LogP contribution in [0, 0.1) is 0 Å². The lowest BCUT2D eigenvalue weighted by Crippen LogP contribution is -2.19. The van der Waals surface area contributed by atoms with Gasteiger partial charge in [0.25, 0.3) is 0 Å². The summed E-state index contributed by atoms with van der Waals surface area (Å²) in [5, 5.41) is 6.03. The van der Waals surface area contributed by atoms with E-state index >= 15 is 0 Å². The molecule has 9 aromatic rings. The predicted octanol–water partition coefficient (Wildman–Crippen LogP) is 11.6. The number of para-hydroxylation sites is 3. The Morgan fingerprint density at radius 2 is 1.25 bits per heavy atom. The van der Waals surface area contributed by atoms with Crippen molar-refractivity contribution >= 4 is 60.5 Å². The average molecular weight is 615 g/mol. The molecule has 1 aliphatic heterocycles. The quantitative estimate of drug-likeness (QED) is 0.185. The highest BCUT2D eigenvalue weighted by molar-refractivity contribution is 6.23. The lowest BCUT2D eigenvalue weighted by Gasteiger charge is -2.33. The molecule has 0 amide bonds. The Bertz CT molecular complexity index is 2660. The first-order chi connectivity index (χ1) is 23.8. The second-order valence-corrected chi connectivity index (χ2v) is 12.5. The number of pyridine rings is 1. The summed E-state index contributed by atoms with van der Waals surface area (Å²) in [6.45, 7) is 2.19. The molecule has 48 heavy (non-hydrogen) atoms. The predicted molar refractivity (Wildman–Crippen MR) is 200 cm³/mol. The van der Waals surface area contributed by atoms with Crippen LogP contribution in [0.25, 0.3) is 71.4 Å². The van der Waals surface area contributed by atoms with Crippen LogP contribution in [-0.2, 0) is 6.42 Å². The third kappa shape index (κ3) is 3.77. The van der Waals surface area contributed by atoms with Crippen LogP contribution in [0.1, 0.15) is 12.7 Å². The maximum Gasteiger partial charge on any atom is 0.114 e. The van der Waals surface area contributed by atoms with E-state index in [1.165, 1.54) is 38.2 Å². The normalized spacial score (nSPS) is 12.3. The summed E-state index contributed by atoms with van der Waals surface area (Å²) in [7, 11) is 0. The molecule has 0 saturated carbocycles. The molecule has 0 saturated heterocycles. The van der Waals surface area contributed by atoms with Gasteiger partial charge in [-0.2, -0.15) is 0 Å². The van der Waals surface area contributed by atoms with E-state index in [2.05, 4.69) is 156 Å². The zero-order valence-electron chi connectivity index (χ0n) is 26.4. The number of hydrogen-bond donors (Lipinski definition) is 0. The van der Waals surface area contributed by atoms with Crippen molar-refractivity contribution in [3.05, 3.63) is 158 Å². The first-order valence-corrected chi connectivity index (χ1v) is 16.6. The third-order valence-corrected chi connectivity index (χ3v) is 9.88. The van der Waals surface area contributed by atoms with Gasteiger partial charge in [-0.05, 0) is 80.7 Å². The summed E-state index contributed by atoms with van der Waals surface area (Å²) in [4.78, 5) is 12.4. The van der Waals surface area contributed by atoms with E-state index in [4.69, 9.17) is 9.97 Å². The van der Waals surface area contributed by atoms with Crippen LogP contribution in [0.2, 0.25) is 0 Å². The molecule has 0 fully saturated rings. The van der Waals surface area contributed by atoms with Crippen LogP contribution in [0.5, 0.6) is 0 Å². The fraction of sp³-hybridized carbons (Fsp3) is 0.0455. The standard InChI is InChI=1S/C44H30N4/c1-2-40-46-36-22-11-23-38-44(36)48(40)39-27-29(24-25-37(39)47(38)30-15-4-3-5-16-30)41-31-17-6-8-19-33(31)42(34-20-9-7-18-32(34)41)35-21-10-13-28-14-12-26-45-43(28)35/h3-27H,2H2,1H3. The molecular formula is C44H30N4. The van der Waals surface area contributed by atoms with Crippen molar-refractivity contribution < 1.29 is 0 Å². The van der Waals surface area contributed by atoms with Gasteiger partial charge in [-0.3, -0.25) is 9.55 Å². The van der Waals surface area contributed by atoms with Gasteiger partial charge in [0, 0.05) is 29.3 Å². The fourth-order valence-corrected chi connectivity index (χ4v) is 7.90. The molecule has 226 valence electrons. The number of aromatic nitrogens is 3. The Balaban J connectivity index is 1.30. The SMILES string of the molecule is CCc1nc2cccc3c2n1-c1cc(-c2c4ccccc4c(-c4cccc5cccnc45)c4ccccc24)ccc1N3c1ccccc1. The molecule has 0 unspecified atom stereocenters. The molecule has 0 bridgehead atoms. The van der Waals surface area contributed by atoms with Crippen molar-refractivity contribution in [2.75, 3.05) is 4.90 Å². The van der Waals surface area contributed by atoms with Crippen molar-refractivity contribution in [2.45, 2.75) is 13.3 Å². The summed E-state index contributed by atoms with van der Waals surface area (Å²) in [5.74, 6) is 1.07. The Morgan fingerprint density at radius 3 is 2.00 bits per heavy atom. The molecule has 0 aliphatic carbocycles. The molecule has 4 nitrogen and oxygen atoms in total. The smallest absolute Gasteiger partial charge is 0.114 e. The van der Waals surface area contributed by atoms with Crippen LogP contribution >= 0.6 is 0 Å². The highest BCUT2D eigenvalue weighted by Crippen LogP contribution is 2.50. The van der Waals surface area contributed by atoms with E-state index in [1.807, 2.05) is 12.3 Å². The van der Waals surface area contributed by atoms with Crippen LogP contribution in [0.3, 0.4) is 0 Å².